The summed E-state index contributed by atoms with van der Waals surface area (Å²) in [5, 5.41) is 8.74. The fourth-order valence-electron chi connectivity index (χ4n) is 1.94. The lowest BCUT2D eigenvalue weighted by Gasteiger charge is -2.03. The fourth-order valence-corrected chi connectivity index (χ4v) is 2.03. The smallest absolute Gasteiger partial charge is 0.207 e. The van der Waals surface area contributed by atoms with Crippen LogP contribution in [-0.4, -0.2) is 16.5 Å². The highest BCUT2D eigenvalue weighted by molar-refractivity contribution is 7.80. The van der Waals surface area contributed by atoms with Crippen LogP contribution in [0.5, 0.6) is 0 Å². The maximum absolute atomic E-state index is 5.16. The summed E-state index contributed by atoms with van der Waals surface area (Å²) in [6.07, 6.45) is 7.82. The predicted molar refractivity (Wildman–Crippen MR) is 116 cm³/mol. The molecule has 0 heterocycles. The van der Waals surface area contributed by atoms with Crippen molar-refractivity contribution < 1.29 is 0 Å². The molecule has 2 N–H and O–H groups in total. The Labute approximate surface area is 160 Å². The van der Waals surface area contributed by atoms with Gasteiger partial charge >= 0.3 is 0 Å². The molecule has 0 spiro atoms. The highest BCUT2D eigenvalue weighted by Gasteiger charge is 1.92. The third-order valence-corrected chi connectivity index (χ3v) is 3.48. The van der Waals surface area contributed by atoms with Gasteiger partial charge < -0.3 is 0 Å². The van der Waals surface area contributed by atoms with Crippen LogP contribution in [0.3, 0.4) is 0 Å². The van der Waals surface area contributed by atoms with Gasteiger partial charge in [0.25, 0.3) is 0 Å². The summed E-state index contributed by atoms with van der Waals surface area (Å²) in [6, 6.07) is 20.1. The summed E-state index contributed by atoms with van der Waals surface area (Å²) in [5.41, 5.74) is 9.40. The minimum absolute atomic E-state index is 0.338. The molecule has 2 aromatic rings. The molecule has 0 aliphatic heterocycles. The first kappa shape index (κ1) is 19.3. The number of thiocarbonyl (C=S) groups is 1. The van der Waals surface area contributed by atoms with E-state index in [2.05, 4.69) is 21.1 Å². The van der Waals surface area contributed by atoms with Crippen molar-refractivity contribution in [2.75, 3.05) is 0 Å². The van der Waals surface area contributed by atoms with E-state index < -0.39 is 0 Å². The molecule has 132 valence electrons. The molecule has 0 aromatic heterocycles. The van der Waals surface area contributed by atoms with Gasteiger partial charge in [0.15, 0.2) is 0 Å². The van der Waals surface area contributed by atoms with E-state index in [1.807, 2.05) is 98.8 Å². The average molecular weight is 363 g/mol. The molecule has 0 radical (unpaired) electrons. The number of hydrazone groups is 2. The quantitative estimate of drug-likeness (QED) is 0.447. The number of hydrogen-bond acceptors (Lipinski definition) is 3. The number of nitrogens with one attached hydrogen (secondary N) is 2. The lowest BCUT2D eigenvalue weighted by Crippen LogP contribution is -2.29. The van der Waals surface area contributed by atoms with Crippen molar-refractivity contribution >= 4 is 40.9 Å². The predicted octanol–water partition coefficient (Wildman–Crippen LogP) is 4.63. The maximum Gasteiger partial charge on any atom is 0.207 e. The van der Waals surface area contributed by atoms with Crippen LogP contribution in [0.4, 0.5) is 0 Å². The molecule has 5 heteroatoms. The Morgan fingerprint density at radius 2 is 1.12 bits per heavy atom. The molecule has 0 saturated heterocycles. The molecule has 26 heavy (non-hydrogen) atoms. The van der Waals surface area contributed by atoms with Crippen LogP contribution < -0.4 is 10.9 Å². The van der Waals surface area contributed by atoms with E-state index in [4.69, 9.17) is 12.2 Å². The van der Waals surface area contributed by atoms with Crippen LogP contribution in [0.15, 0.2) is 83.0 Å². The van der Waals surface area contributed by atoms with Gasteiger partial charge in [-0.1, -0.05) is 72.8 Å². The van der Waals surface area contributed by atoms with E-state index >= 15 is 0 Å². The highest BCUT2D eigenvalue weighted by Crippen LogP contribution is 2.01. The van der Waals surface area contributed by atoms with Crippen LogP contribution >= 0.6 is 12.2 Å². The Morgan fingerprint density at radius 3 is 1.50 bits per heavy atom. The number of rotatable bonds is 6. The third-order valence-electron chi connectivity index (χ3n) is 3.30. The van der Waals surface area contributed by atoms with Crippen LogP contribution in [0, 0.1) is 0 Å². The van der Waals surface area contributed by atoms with Crippen molar-refractivity contribution in [2.45, 2.75) is 13.8 Å². The van der Waals surface area contributed by atoms with E-state index in [1.54, 1.807) is 0 Å². The minimum atomic E-state index is 0.338. The van der Waals surface area contributed by atoms with Gasteiger partial charge in [-0.25, -0.2) is 0 Å². The van der Waals surface area contributed by atoms with Gasteiger partial charge in [-0.15, -0.1) is 0 Å². The van der Waals surface area contributed by atoms with Gasteiger partial charge in [0.2, 0.25) is 5.11 Å². The van der Waals surface area contributed by atoms with Crippen molar-refractivity contribution in [2.24, 2.45) is 10.2 Å². The summed E-state index contributed by atoms with van der Waals surface area (Å²) >= 11 is 5.16. The fraction of sp³-hybridized carbons (Fsp3) is 0.0952. The zero-order chi connectivity index (χ0) is 18.6. The molecule has 0 amide bonds. The van der Waals surface area contributed by atoms with Crippen molar-refractivity contribution in [3.05, 3.63) is 83.9 Å². The van der Waals surface area contributed by atoms with E-state index in [-0.39, 0.29) is 0 Å². The Bertz CT molecular complexity index is 752. The first-order valence-electron chi connectivity index (χ1n) is 8.24. The Balaban J connectivity index is 1.80. The highest BCUT2D eigenvalue weighted by atomic mass is 32.1. The molecule has 0 unspecified atom stereocenters. The maximum atomic E-state index is 5.16. The Kier molecular flexibility index (Phi) is 7.96. The molecule has 0 fully saturated rings. The number of hydrogen-bond donors (Lipinski definition) is 2. The van der Waals surface area contributed by atoms with Crippen LogP contribution in [0.25, 0.3) is 12.2 Å². The molecular weight excluding hydrogens is 340 g/mol. The van der Waals surface area contributed by atoms with E-state index in [1.165, 1.54) is 0 Å². The van der Waals surface area contributed by atoms with Crippen molar-refractivity contribution in [1.29, 1.82) is 0 Å². The first-order chi connectivity index (χ1) is 12.6. The normalized spacial score (nSPS) is 12.5. The second-order valence-electron chi connectivity index (χ2n) is 5.55. The van der Waals surface area contributed by atoms with E-state index in [0.29, 0.717) is 5.11 Å². The van der Waals surface area contributed by atoms with Gasteiger partial charge in [-0.05, 0) is 49.3 Å². The summed E-state index contributed by atoms with van der Waals surface area (Å²) in [4.78, 5) is 0. The topological polar surface area (TPSA) is 48.8 Å². The summed E-state index contributed by atoms with van der Waals surface area (Å²) in [5.74, 6) is 0. The molecule has 2 aromatic carbocycles. The van der Waals surface area contributed by atoms with Crippen molar-refractivity contribution in [1.82, 2.24) is 10.9 Å². The molecule has 4 nitrogen and oxygen atoms in total. The number of benzene rings is 2. The molecule has 0 bridgehead atoms. The summed E-state index contributed by atoms with van der Waals surface area (Å²) in [6.45, 7) is 3.79. The standard InChI is InChI=1S/C21H22N4S/c1-17(13-15-19-9-5-3-6-10-19)22-24-21(26)25-23-18(2)14-16-20-11-7-4-8-12-20/h3-16H,1-2H3,(H2,24,25,26)/b15-13?,16-14?,22-17+,23-18+. The van der Waals surface area contributed by atoms with Gasteiger partial charge in [0.05, 0.1) is 11.4 Å². The zero-order valence-electron chi connectivity index (χ0n) is 14.9. The van der Waals surface area contributed by atoms with Crippen LogP contribution in [0.2, 0.25) is 0 Å². The molecule has 2 rings (SSSR count). The van der Waals surface area contributed by atoms with Crippen LogP contribution in [-0.2, 0) is 0 Å². The Hall–Kier alpha value is -3.05. The molecule has 0 aliphatic rings. The van der Waals surface area contributed by atoms with Gasteiger partial charge in [0, 0.05) is 0 Å². The second kappa shape index (κ2) is 10.7. The summed E-state index contributed by atoms with van der Waals surface area (Å²) < 4.78 is 0. The number of allylic oxidation sites excluding steroid dienone is 2. The molecule has 0 saturated carbocycles. The van der Waals surface area contributed by atoms with E-state index in [0.717, 1.165) is 22.6 Å². The van der Waals surface area contributed by atoms with Gasteiger partial charge in [-0.2, -0.15) is 10.2 Å². The molecule has 0 aliphatic carbocycles. The second-order valence-corrected chi connectivity index (χ2v) is 5.96. The third kappa shape index (κ3) is 7.68. The SMILES string of the molecule is C/C(C=Cc1ccccc1)=N\NC(=S)N/N=C(\C)C=Cc1ccccc1. The average Bonchev–Trinajstić information content (AvgIpc) is 2.69. The monoisotopic (exact) mass is 362 g/mol. The lowest BCUT2D eigenvalue weighted by molar-refractivity contribution is 0.927. The van der Waals surface area contributed by atoms with Gasteiger partial charge in [0.1, 0.15) is 0 Å². The first-order valence-corrected chi connectivity index (χ1v) is 8.65. The van der Waals surface area contributed by atoms with E-state index in [9.17, 15) is 0 Å². The zero-order valence-corrected chi connectivity index (χ0v) is 15.7. The minimum Gasteiger partial charge on any atom is -0.252 e. The van der Waals surface area contributed by atoms with Crippen molar-refractivity contribution in [3.8, 4) is 0 Å². The largest absolute Gasteiger partial charge is 0.252 e. The van der Waals surface area contributed by atoms with Crippen molar-refractivity contribution in [3.63, 3.8) is 0 Å². The molecule has 0 atom stereocenters. The lowest BCUT2D eigenvalue weighted by atomic mass is 10.2. The Morgan fingerprint density at radius 1 is 0.731 bits per heavy atom. The summed E-state index contributed by atoms with van der Waals surface area (Å²) in [7, 11) is 0. The molecular formula is C21H22N4S. The van der Waals surface area contributed by atoms with Gasteiger partial charge in [-0.3, -0.25) is 10.9 Å². The van der Waals surface area contributed by atoms with Crippen LogP contribution in [0.1, 0.15) is 25.0 Å². The number of nitrogens with zero attached hydrogens (tertiary/aromatic N) is 2.